The Hall–Kier alpha value is -1.55. The molecule has 0 spiro atoms. The van der Waals surface area contributed by atoms with Crippen molar-refractivity contribution in [3.05, 3.63) is 30.3 Å². The van der Waals surface area contributed by atoms with Gasteiger partial charge >= 0.3 is 0 Å². The Kier molecular flexibility index (Phi) is 4.80. The molecule has 1 amide bonds. The van der Waals surface area contributed by atoms with Crippen LogP contribution in [-0.4, -0.2) is 44.1 Å². The van der Waals surface area contributed by atoms with E-state index < -0.39 is 0 Å². The van der Waals surface area contributed by atoms with Crippen molar-refractivity contribution in [1.29, 1.82) is 0 Å². The first kappa shape index (κ1) is 13.9. The Bertz CT molecular complexity index is 408. The van der Waals surface area contributed by atoms with Crippen LogP contribution in [0.15, 0.2) is 30.3 Å². The number of rotatable bonds is 5. The van der Waals surface area contributed by atoms with Gasteiger partial charge in [0.2, 0.25) is 5.91 Å². The number of carbonyl (C=O) groups is 1. The fraction of sp³-hybridized carbons (Fsp3) is 0.533. The average molecular weight is 262 g/mol. The number of nitrogens with one attached hydrogen (secondary N) is 1. The molecule has 2 atom stereocenters. The summed E-state index contributed by atoms with van der Waals surface area (Å²) in [6.45, 7) is 5.00. The second kappa shape index (κ2) is 6.57. The number of likely N-dealkylation sites (N-methyl/N-ethyl adjacent to an activating group) is 1. The van der Waals surface area contributed by atoms with Gasteiger partial charge in [0, 0.05) is 13.6 Å². The summed E-state index contributed by atoms with van der Waals surface area (Å²) >= 11 is 0. The van der Waals surface area contributed by atoms with E-state index in [1.165, 1.54) is 0 Å². The van der Waals surface area contributed by atoms with Crippen LogP contribution in [0.2, 0.25) is 0 Å². The third-order valence-electron chi connectivity index (χ3n) is 3.65. The van der Waals surface area contributed by atoms with E-state index in [1.54, 1.807) is 4.90 Å². The molecule has 2 rings (SSSR count). The molecule has 0 radical (unpaired) electrons. The number of benzene rings is 1. The van der Waals surface area contributed by atoms with E-state index in [0.717, 1.165) is 18.8 Å². The Morgan fingerprint density at radius 3 is 2.74 bits per heavy atom. The third kappa shape index (κ3) is 3.70. The van der Waals surface area contributed by atoms with Gasteiger partial charge in [-0.3, -0.25) is 4.79 Å². The molecule has 0 bridgehead atoms. The van der Waals surface area contributed by atoms with Crippen LogP contribution in [0.3, 0.4) is 0 Å². The minimum Gasteiger partial charge on any atom is -0.492 e. The minimum absolute atomic E-state index is 0.113. The molecule has 1 saturated heterocycles. The van der Waals surface area contributed by atoms with Gasteiger partial charge in [-0.25, -0.2) is 0 Å². The highest BCUT2D eigenvalue weighted by Crippen LogP contribution is 2.18. The maximum atomic E-state index is 12.2. The van der Waals surface area contributed by atoms with Gasteiger partial charge in [0.05, 0.1) is 12.5 Å². The predicted octanol–water partition coefficient (Wildman–Crippen LogP) is 1.38. The number of hydrogen-bond acceptors (Lipinski definition) is 3. The van der Waals surface area contributed by atoms with Crippen molar-refractivity contribution in [1.82, 2.24) is 10.2 Å². The first-order valence-corrected chi connectivity index (χ1v) is 6.82. The fourth-order valence-corrected chi connectivity index (χ4v) is 2.35. The fourth-order valence-electron chi connectivity index (χ4n) is 2.35. The van der Waals surface area contributed by atoms with Crippen LogP contribution in [0.5, 0.6) is 5.75 Å². The molecule has 0 saturated carbocycles. The maximum Gasteiger partial charge on any atom is 0.227 e. The van der Waals surface area contributed by atoms with Crippen molar-refractivity contribution in [2.24, 2.45) is 11.8 Å². The van der Waals surface area contributed by atoms with Gasteiger partial charge in [-0.1, -0.05) is 25.1 Å². The average Bonchev–Trinajstić information content (AvgIpc) is 2.85. The number of nitrogens with zero attached hydrogens (tertiary/aromatic N) is 1. The zero-order valence-corrected chi connectivity index (χ0v) is 11.6. The molecule has 4 heteroatoms. The minimum atomic E-state index is 0.113. The van der Waals surface area contributed by atoms with E-state index in [9.17, 15) is 4.79 Å². The molecule has 104 valence electrons. The van der Waals surface area contributed by atoms with E-state index in [2.05, 4.69) is 12.2 Å². The summed E-state index contributed by atoms with van der Waals surface area (Å²) in [6.07, 6.45) is 0. The highest BCUT2D eigenvalue weighted by molar-refractivity contribution is 5.79. The SMILES string of the molecule is CC1CNCC1C(=O)N(C)CCOc1ccccc1. The molecule has 1 fully saturated rings. The van der Waals surface area contributed by atoms with E-state index in [4.69, 9.17) is 4.74 Å². The van der Waals surface area contributed by atoms with Gasteiger partial charge in [-0.2, -0.15) is 0 Å². The van der Waals surface area contributed by atoms with E-state index in [-0.39, 0.29) is 11.8 Å². The van der Waals surface area contributed by atoms with E-state index in [1.807, 2.05) is 37.4 Å². The van der Waals surface area contributed by atoms with E-state index in [0.29, 0.717) is 19.1 Å². The van der Waals surface area contributed by atoms with Crippen molar-refractivity contribution < 1.29 is 9.53 Å². The summed E-state index contributed by atoms with van der Waals surface area (Å²) < 4.78 is 5.61. The molecule has 0 aliphatic carbocycles. The van der Waals surface area contributed by atoms with Gasteiger partial charge in [-0.15, -0.1) is 0 Å². The Morgan fingerprint density at radius 1 is 1.37 bits per heavy atom. The summed E-state index contributed by atoms with van der Waals surface area (Å²) in [5.74, 6) is 1.60. The van der Waals surface area contributed by atoms with Crippen molar-refractivity contribution in [2.45, 2.75) is 6.92 Å². The highest BCUT2D eigenvalue weighted by atomic mass is 16.5. The van der Waals surface area contributed by atoms with Crippen molar-refractivity contribution >= 4 is 5.91 Å². The molecule has 1 aromatic carbocycles. The van der Waals surface area contributed by atoms with Crippen molar-refractivity contribution in [3.8, 4) is 5.75 Å². The second-order valence-corrected chi connectivity index (χ2v) is 5.16. The molecular formula is C15H22N2O2. The molecule has 1 aromatic rings. The summed E-state index contributed by atoms with van der Waals surface area (Å²) in [6, 6.07) is 9.68. The number of carbonyl (C=O) groups excluding carboxylic acids is 1. The number of para-hydroxylation sites is 1. The Morgan fingerprint density at radius 2 is 2.11 bits per heavy atom. The molecule has 1 aliphatic heterocycles. The zero-order valence-electron chi connectivity index (χ0n) is 11.6. The van der Waals surface area contributed by atoms with Crippen LogP contribution in [-0.2, 0) is 4.79 Å². The molecule has 0 aromatic heterocycles. The van der Waals surface area contributed by atoms with Crippen LogP contribution in [0.4, 0.5) is 0 Å². The van der Waals surface area contributed by atoms with Crippen LogP contribution < -0.4 is 10.1 Å². The first-order chi connectivity index (χ1) is 9.18. The predicted molar refractivity (Wildman–Crippen MR) is 75.1 cm³/mol. The van der Waals surface area contributed by atoms with Crippen molar-refractivity contribution in [3.63, 3.8) is 0 Å². The topological polar surface area (TPSA) is 41.6 Å². The monoisotopic (exact) mass is 262 g/mol. The smallest absolute Gasteiger partial charge is 0.227 e. The molecule has 1 N–H and O–H groups in total. The van der Waals surface area contributed by atoms with Crippen LogP contribution >= 0.6 is 0 Å². The van der Waals surface area contributed by atoms with Gasteiger partial charge in [0.1, 0.15) is 12.4 Å². The van der Waals surface area contributed by atoms with Crippen LogP contribution in [0.25, 0.3) is 0 Å². The van der Waals surface area contributed by atoms with Crippen molar-refractivity contribution in [2.75, 3.05) is 33.3 Å². The summed E-state index contributed by atoms with van der Waals surface area (Å²) in [5, 5.41) is 3.26. The summed E-state index contributed by atoms with van der Waals surface area (Å²) in [5.41, 5.74) is 0. The molecule has 2 unspecified atom stereocenters. The first-order valence-electron chi connectivity index (χ1n) is 6.82. The Labute approximate surface area is 114 Å². The van der Waals surface area contributed by atoms with Gasteiger partial charge in [0.25, 0.3) is 0 Å². The number of hydrogen-bond donors (Lipinski definition) is 1. The van der Waals surface area contributed by atoms with Gasteiger partial charge in [-0.05, 0) is 24.6 Å². The lowest BCUT2D eigenvalue weighted by Gasteiger charge is -2.22. The largest absolute Gasteiger partial charge is 0.492 e. The molecule has 1 heterocycles. The molecule has 1 aliphatic rings. The quantitative estimate of drug-likeness (QED) is 0.871. The normalized spacial score (nSPS) is 22.2. The third-order valence-corrected chi connectivity index (χ3v) is 3.65. The second-order valence-electron chi connectivity index (χ2n) is 5.16. The molecule has 19 heavy (non-hydrogen) atoms. The van der Waals surface area contributed by atoms with Gasteiger partial charge in [0.15, 0.2) is 0 Å². The van der Waals surface area contributed by atoms with Crippen LogP contribution in [0.1, 0.15) is 6.92 Å². The number of amides is 1. The van der Waals surface area contributed by atoms with Crippen LogP contribution in [0, 0.1) is 11.8 Å². The molecular weight excluding hydrogens is 240 g/mol. The number of ether oxygens (including phenoxy) is 1. The highest BCUT2D eigenvalue weighted by Gasteiger charge is 2.31. The lowest BCUT2D eigenvalue weighted by atomic mass is 9.97. The van der Waals surface area contributed by atoms with E-state index >= 15 is 0 Å². The summed E-state index contributed by atoms with van der Waals surface area (Å²) in [4.78, 5) is 14.0. The maximum absolute atomic E-state index is 12.2. The summed E-state index contributed by atoms with van der Waals surface area (Å²) in [7, 11) is 1.85. The molecule has 4 nitrogen and oxygen atoms in total. The van der Waals surface area contributed by atoms with Gasteiger partial charge < -0.3 is 15.0 Å². The standard InChI is InChI=1S/C15H22N2O2/c1-12-10-16-11-14(12)15(18)17(2)8-9-19-13-6-4-3-5-7-13/h3-7,12,14,16H,8-11H2,1-2H3. The lowest BCUT2D eigenvalue weighted by Crippen LogP contribution is -2.38. The zero-order chi connectivity index (χ0) is 13.7. The Balaban J connectivity index is 1.75. The lowest BCUT2D eigenvalue weighted by molar-refractivity contribution is -0.134.